The summed E-state index contributed by atoms with van der Waals surface area (Å²) in [6, 6.07) is 6.76. The van der Waals surface area contributed by atoms with Crippen molar-refractivity contribution in [2.75, 3.05) is 0 Å². The van der Waals surface area contributed by atoms with Gasteiger partial charge >= 0.3 is 5.97 Å². The van der Waals surface area contributed by atoms with Gasteiger partial charge in [0.25, 0.3) is 0 Å². The zero-order valence-corrected chi connectivity index (χ0v) is 9.48. The van der Waals surface area contributed by atoms with Gasteiger partial charge in [-0.2, -0.15) is 0 Å². The molecule has 0 fully saturated rings. The van der Waals surface area contributed by atoms with E-state index in [9.17, 15) is 4.79 Å². The predicted molar refractivity (Wildman–Crippen MR) is 66.0 cm³/mol. The number of hydrogen-bond acceptors (Lipinski definition) is 3. The highest BCUT2D eigenvalue weighted by atomic mass is 35.5. The summed E-state index contributed by atoms with van der Waals surface area (Å²) >= 11 is 5.89. The Bertz CT molecular complexity index is 485. The lowest BCUT2D eigenvalue weighted by atomic mass is 10.2. The van der Waals surface area contributed by atoms with E-state index in [1.54, 1.807) is 24.3 Å². The molecule has 0 amide bonds. The number of halogens is 1. The third-order valence-corrected chi connectivity index (χ3v) is 2.15. The standard InChI is InChI=1S/C10H11ClN4O2/c11-7-4-2-1-3-6(7)5-8(9(16)17)14-10(12)15-13/h1-5H,13H2,(H,16,17)(H3,12,14,15). The Morgan fingerprint density at radius 2 is 2.12 bits per heavy atom. The maximum atomic E-state index is 10.9. The van der Waals surface area contributed by atoms with Crippen LogP contribution in [0.1, 0.15) is 5.56 Å². The molecule has 0 heterocycles. The molecule has 0 aromatic heterocycles. The summed E-state index contributed by atoms with van der Waals surface area (Å²) in [6.45, 7) is 0. The smallest absolute Gasteiger partial charge is 0.354 e. The van der Waals surface area contributed by atoms with Gasteiger partial charge in [0.15, 0.2) is 5.70 Å². The van der Waals surface area contributed by atoms with Crippen molar-refractivity contribution in [3.05, 3.63) is 40.5 Å². The minimum atomic E-state index is -1.23. The number of hydrogen-bond donors (Lipinski definition) is 4. The number of aliphatic carboxylic acids is 1. The summed E-state index contributed by atoms with van der Waals surface area (Å²) in [5.41, 5.74) is 7.58. The maximum Gasteiger partial charge on any atom is 0.354 e. The maximum absolute atomic E-state index is 10.9. The predicted octanol–water partition coefficient (Wildman–Crippen LogP) is 0.544. The molecule has 17 heavy (non-hydrogen) atoms. The van der Waals surface area contributed by atoms with Crippen molar-refractivity contribution in [3.8, 4) is 0 Å². The van der Waals surface area contributed by atoms with E-state index in [0.29, 0.717) is 10.6 Å². The molecule has 0 unspecified atom stereocenters. The monoisotopic (exact) mass is 254 g/mol. The quantitative estimate of drug-likeness (QED) is 0.207. The van der Waals surface area contributed by atoms with Gasteiger partial charge in [-0.15, -0.1) is 0 Å². The number of rotatable bonds is 3. The lowest BCUT2D eigenvalue weighted by Gasteiger charge is -2.01. The van der Waals surface area contributed by atoms with Crippen molar-refractivity contribution in [1.29, 1.82) is 0 Å². The van der Waals surface area contributed by atoms with Crippen LogP contribution in [0, 0.1) is 0 Å². The van der Waals surface area contributed by atoms with Crippen molar-refractivity contribution < 1.29 is 9.90 Å². The van der Waals surface area contributed by atoms with Gasteiger partial charge in [0, 0.05) is 5.02 Å². The molecule has 0 radical (unpaired) electrons. The van der Waals surface area contributed by atoms with Gasteiger partial charge in [-0.1, -0.05) is 29.8 Å². The van der Waals surface area contributed by atoms with E-state index in [-0.39, 0.29) is 11.7 Å². The molecule has 6 nitrogen and oxygen atoms in total. The molecule has 7 heteroatoms. The molecule has 0 spiro atoms. The molecule has 1 rings (SSSR count). The number of aliphatic imine (C=N–C) groups is 1. The third-order valence-electron chi connectivity index (χ3n) is 1.81. The first-order valence-electron chi connectivity index (χ1n) is 4.55. The molecule has 0 bridgehead atoms. The Labute approximate surface area is 103 Å². The number of benzene rings is 1. The second kappa shape index (κ2) is 5.88. The van der Waals surface area contributed by atoms with E-state index < -0.39 is 5.97 Å². The first kappa shape index (κ1) is 13.0. The summed E-state index contributed by atoms with van der Waals surface area (Å²) in [4.78, 5) is 14.5. The Morgan fingerprint density at radius 3 is 2.65 bits per heavy atom. The number of nitrogens with zero attached hydrogens (tertiary/aromatic N) is 1. The van der Waals surface area contributed by atoms with Crippen molar-refractivity contribution in [1.82, 2.24) is 5.43 Å². The van der Waals surface area contributed by atoms with Crippen LogP contribution in [-0.2, 0) is 4.79 Å². The van der Waals surface area contributed by atoms with Gasteiger partial charge < -0.3 is 10.8 Å². The zero-order chi connectivity index (χ0) is 12.8. The highest BCUT2D eigenvalue weighted by molar-refractivity contribution is 6.32. The topological polar surface area (TPSA) is 114 Å². The first-order valence-corrected chi connectivity index (χ1v) is 4.92. The van der Waals surface area contributed by atoms with Crippen molar-refractivity contribution in [2.45, 2.75) is 0 Å². The fourth-order valence-electron chi connectivity index (χ4n) is 1.04. The van der Waals surface area contributed by atoms with Gasteiger partial charge in [0.05, 0.1) is 0 Å². The molecule has 6 N–H and O–H groups in total. The van der Waals surface area contributed by atoms with Gasteiger partial charge in [0.1, 0.15) is 0 Å². The van der Waals surface area contributed by atoms with Crippen LogP contribution in [0.2, 0.25) is 5.02 Å². The lowest BCUT2D eigenvalue weighted by Crippen LogP contribution is -2.37. The van der Waals surface area contributed by atoms with E-state index >= 15 is 0 Å². The second-order valence-electron chi connectivity index (χ2n) is 3.00. The number of nitrogens with one attached hydrogen (secondary N) is 1. The van der Waals surface area contributed by atoms with Crippen molar-refractivity contribution in [3.63, 3.8) is 0 Å². The highest BCUT2D eigenvalue weighted by Crippen LogP contribution is 2.18. The molecule has 0 aliphatic rings. The molecular formula is C10H11ClN4O2. The van der Waals surface area contributed by atoms with E-state index in [1.807, 2.05) is 5.43 Å². The van der Waals surface area contributed by atoms with Crippen LogP contribution in [-0.4, -0.2) is 17.0 Å². The minimum Gasteiger partial charge on any atom is -0.477 e. The second-order valence-corrected chi connectivity index (χ2v) is 3.40. The van der Waals surface area contributed by atoms with Crippen LogP contribution < -0.4 is 17.0 Å². The van der Waals surface area contributed by atoms with E-state index in [1.165, 1.54) is 6.08 Å². The highest BCUT2D eigenvalue weighted by Gasteiger charge is 2.08. The normalized spacial score (nSPS) is 12.4. The van der Waals surface area contributed by atoms with E-state index in [0.717, 1.165) is 0 Å². The Balaban J connectivity index is 3.16. The number of carbonyl (C=O) groups is 1. The first-order chi connectivity index (χ1) is 8.04. The summed E-state index contributed by atoms with van der Waals surface area (Å²) in [5.74, 6) is 3.56. The van der Waals surface area contributed by atoms with Gasteiger partial charge in [0.2, 0.25) is 5.96 Å². The Kier molecular flexibility index (Phi) is 4.50. The summed E-state index contributed by atoms with van der Waals surface area (Å²) in [6.07, 6.45) is 1.30. The molecule has 0 saturated carbocycles. The van der Waals surface area contributed by atoms with Crippen LogP contribution in [0.5, 0.6) is 0 Å². The molecule has 1 aromatic rings. The summed E-state index contributed by atoms with van der Waals surface area (Å²) in [7, 11) is 0. The largest absolute Gasteiger partial charge is 0.477 e. The molecule has 0 aliphatic carbocycles. The summed E-state index contributed by atoms with van der Waals surface area (Å²) < 4.78 is 0. The van der Waals surface area contributed by atoms with Crippen molar-refractivity contribution >= 4 is 29.6 Å². The Hall–Kier alpha value is -2.05. The minimum absolute atomic E-state index is 0.203. The zero-order valence-electron chi connectivity index (χ0n) is 8.72. The molecule has 0 saturated heterocycles. The van der Waals surface area contributed by atoms with Gasteiger partial charge in [-0.25, -0.2) is 15.6 Å². The number of guanidine groups is 1. The van der Waals surface area contributed by atoms with Crippen LogP contribution in [0.4, 0.5) is 0 Å². The van der Waals surface area contributed by atoms with Crippen LogP contribution in [0.3, 0.4) is 0 Å². The lowest BCUT2D eigenvalue weighted by molar-refractivity contribution is -0.132. The average Bonchev–Trinajstić information content (AvgIpc) is 2.30. The molecule has 1 aromatic carbocycles. The molecule has 0 aliphatic heterocycles. The van der Waals surface area contributed by atoms with Crippen LogP contribution in [0.15, 0.2) is 35.0 Å². The van der Waals surface area contributed by atoms with Crippen LogP contribution >= 0.6 is 11.6 Å². The van der Waals surface area contributed by atoms with Gasteiger partial charge in [-0.3, -0.25) is 5.43 Å². The SMILES string of the molecule is NNC(N)=NC(=Cc1ccccc1Cl)C(=O)O. The Morgan fingerprint density at radius 1 is 1.47 bits per heavy atom. The molecular weight excluding hydrogens is 244 g/mol. The number of carboxylic acid groups (broad SMARTS) is 1. The number of nitrogens with two attached hydrogens (primary N) is 2. The van der Waals surface area contributed by atoms with E-state index in [2.05, 4.69) is 4.99 Å². The van der Waals surface area contributed by atoms with Gasteiger partial charge in [-0.05, 0) is 17.7 Å². The summed E-state index contributed by atoms with van der Waals surface area (Å²) in [5, 5.41) is 9.34. The molecule has 90 valence electrons. The third kappa shape index (κ3) is 3.78. The average molecular weight is 255 g/mol. The van der Waals surface area contributed by atoms with Crippen molar-refractivity contribution in [2.24, 2.45) is 16.6 Å². The number of carboxylic acids is 1. The molecule has 0 atom stereocenters. The van der Waals surface area contributed by atoms with Crippen LogP contribution in [0.25, 0.3) is 6.08 Å². The number of hydrazine groups is 1. The fraction of sp³-hybridized carbons (Fsp3) is 0. The van der Waals surface area contributed by atoms with E-state index in [4.69, 9.17) is 28.3 Å². The fourth-order valence-corrected chi connectivity index (χ4v) is 1.23.